The van der Waals surface area contributed by atoms with Crippen molar-refractivity contribution >= 4 is 17.5 Å². The first-order valence-electron chi connectivity index (χ1n) is 5.45. The van der Waals surface area contributed by atoms with Crippen molar-refractivity contribution in [2.24, 2.45) is 0 Å². The summed E-state index contributed by atoms with van der Waals surface area (Å²) in [6, 6.07) is 2.19. The first-order chi connectivity index (χ1) is 8.81. The van der Waals surface area contributed by atoms with Crippen molar-refractivity contribution in [2.45, 2.75) is 19.8 Å². The third-order valence-electron chi connectivity index (χ3n) is 2.69. The molecule has 1 aromatic rings. The Morgan fingerprint density at radius 2 is 1.53 bits per heavy atom. The maximum atomic E-state index is 11.6. The average molecular weight is 266 g/mol. The number of ether oxygens (including phenoxy) is 1. The van der Waals surface area contributed by atoms with E-state index in [1.807, 2.05) is 0 Å². The second kappa shape index (κ2) is 5.51. The highest BCUT2D eigenvalue weighted by atomic mass is 16.5. The van der Waals surface area contributed by atoms with Gasteiger partial charge in [-0.3, -0.25) is 9.59 Å². The van der Waals surface area contributed by atoms with Gasteiger partial charge in [0.1, 0.15) is 34.5 Å². The normalized spacial score (nSPS) is 10.3. The lowest BCUT2D eigenvalue weighted by molar-refractivity contribution is -0.126. The highest BCUT2D eigenvalue weighted by Crippen LogP contribution is 2.36. The van der Waals surface area contributed by atoms with E-state index in [4.69, 9.17) is 0 Å². The van der Waals surface area contributed by atoms with Gasteiger partial charge in [-0.1, -0.05) is 0 Å². The van der Waals surface area contributed by atoms with Crippen LogP contribution in [0.25, 0.3) is 0 Å². The van der Waals surface area contributed by atoms with Gasteiger partial charge in [0.25, 0.3) is 0 Å². The lowest BCUT2D eigenvalue weighted by Gasteiger charge is -2.17. The highest BCUT2D eigenvalue weighted by Gasteiger charge is 2.32. The summed E-state index contributed by atoms with van der Waals surface area (Å²) in [4.78, 5) is 34.7. The van der Waals surface area contributed by atoms with Crippen molar-refractivity contribution in [1.29, 1.82) is 0 Å². The van der Waals surface area contributed by atoms with E-state index in [2.05, 4.69) is 4.74 Å². The van der Waals surface area contributed by atoms with E-state index in [0.717, 1.165) is 33.1 Å². The van der Waals surface area contributed by atoms with Crippen LogP contribution in [0.15, 0.2) is 12.1 Å². The number of phenols is 2. The van der Waals surface area contributed by atoms with Crippen LogP contribution in [0, 0.1) is 0 Å². The maximum Gasteiger partial charge on any atom is 0.342 e. The molecule has 0 radical (unpaired) electrons. The minimum atomic E-state index is -1.32. The van der Waals surface area contributed by atoms with Crippen LogP contribution in [0.2, 0.25) is 0 Å². The zero-order chi connectivity index (χ0) is 14.7. The summed E-state index contributed by atoms with van der Waals surface area (Å²) >= 11 is 0. The topological polar surface area (TPSA) is 101 Å². The quantitative estimate of drug-likeness (QED) is 0.481. The summed E-state index contributed by atoms with van der Waals surface area (Å²) in [5.41, 5.74) is -0.607. The van der Waals surface area contributed by atoms with Gasteiger partial charge in [0.15, 0.2) is 0 Å². The highest BCUT2D eigenvalue weighted by molar-refractivity contribution is 6.09. The molecule has 0 amide bonds. The van der Waals surface area contributed by atoms with Crippen molar-refractivity contribution in [3.05, 3.63) is 23.3 Å². The van der Waals surface area contributed by atoms with E-state index < -0.39 is 35.0 Å². The molecule has 0 unspecified atom stereocenters. The predicted molar refractivity (Wildman–Crippen MR) is 65.2 cm³/mol. The number of esters is 1. The van der Waals surface area contributed by atoms with Gasteiger partial charge in [-0.15, -0.1) is 0 Å². The largest absolute Gasteiger partial charge is 0.508 e. The Bertz CT molecular complexity index is 532. The number of methoxy groups -OCH3 is 1. The van der Waals surface area contributed by atoms with Crippen LogP contribution in [0.3, 0.4) is 0 Å². The van der Waals surface area contributed by atoms with Gasteiger partial charge < -0.3 is 14.9 Å². The van der Waals surface area contributed by atoms with Gasteiger partial charge in [-0.05, 0) is 26.0 Å². The number of carbonyl (C=O) groups is 3. The standard InChI is InChI=1S/C13H14O6/c1-6(14)10(7(2)15)11-8(16)4-5-9(17)12(11)13(18)19-3/h4-5,10,16-17H,1-3H3. The monoisotopic (exact) mass is 266 g/mol. The molecule has 0 spiro atoms. The smallest absolute Gasteiger partial charge is 0.342 e. The summed E-state index contributed by atoms with van der Waals surface area (Å²) in [7, 11) is 1.09. The molecule has 6 heteroatoms. The fourth-order valence-electron chi connectivity index (χ4n) is 1.90. The average Bonchev–Trinajstić information content (AvgIpc) is 2.32. The molecule has 0 saturated carbocycles. The molecule has 0 atom stereocenters. The summed E-state index contributed by atoms with van der Waals surface area (Å²) in [6.45, 7) is 2.33. The van der Waals surface area contributed by atoms with Gasteiger partial charge in [0.05, 0.1) is 7.11 Å². The number of ketones is 2. The van der Waals surface area contributed by atoms with Gasteiger partial charge in [-0.25, -0.2) is 4.79 Å². The SMILES string of the molecule is COC(=O)c1c(O)ccc(O)c1C(C(C)=O)C(C)=O. The van der Waals surface area contributed by atoms with Crippen LogP contribution in [-0.4, -0.2) is 34.9 Å². The molecule has 0 fully saturated rings. The molecule has 1 rings (SSSR count). The molecular weight excluding hydrogens is 252 g/mol. The number of hydrogen-bond acceptors (Lipinski definition) is 6. The van der Waals surface area contributed by atoms with Gasteiger partial charge in [0, 0.05) is 5.56 Å². The van der Waals surface area contributed by atoms with Crippen molar-refractivity contribution < 1.29 is 29.3 Å². The molecular formula is C13H14O6. The fraction of sp³-hybridized carbons (Fsp3) is 0.308. The van der Waals surface area contributed by atoms with Gasteiger partial charge in [-0.2, -0.15) is 0 Å². The van der Waals surface area contributed by atoms with E-state index >= 15 is 0 Å². The molecule has 0 heterocycles. The summed E-state index contributed by atoms with van der Waals surface area (Å²) in [5, 5.41) is 19.5. The number of hydrogen-bond donors (Lipinski definition) is 2. The molecule has 0 bridgehead atoms. The summed E-state index contributed by atoms with van der Waals surface area (Å²) in [6.07, 6.45) is 0. The minimum absolute atomic E-state index is 0.230. The second-order valence-corrected chi connectivity index (χ2v) is 4.04. The number of benzene rings is 1. The Hall–Kier alpha value is -2.37. The van der Waals surface area contributed by atoms with Crippen LogP contribution < -0.4 is 0 Å². The molecule has 0 aliphatic carbocycles. The van der Waals surface area contributed by atoms with Crippen LogP contribution in [0.1, 0.15) is 35.7 Å². The Morgan fingerprint density at radius 3 is 1.95 bits per heavy atom. The first-order valence-corrected chi connectivity index (χ1v) is 5.45. The third kappa shape index (κ3) is 2.73. The van der Waals surface area contributed by atoms with Crippen LogP contribution in [0.5, 0.6) is 11.5 Å². The molecule has 6 nitrogen and oxygen atoms in total. The first kappa shape index (κ1) is 14.7. The van der Waals surface area contributed by atoms with E-state index in [9.17, 15) is 24.6 Å². The molecule has 102 valence electrons. The number of carbonyl (C=O) groups excluding carboxylic acids is 3. The lowest BCUT2D eigenvalue weighted by Crippen LogP contribution is -2.21. The molecule has 2 N–H and O–H groups in total. The van der Waals surface area contributed by atoms with Gasteiger partial charge in [0.2, 0.25) is 0 Å². The molecule has 0 saturated heterocycles. The van der Waals surface area contributed by atoms with Crippen LogP contribution in [0.4, 0.5) is 0 Å². The van der Waals surface area contributed by atoms with Crippen molar-refractivity contribution in [3.8, 4) is 11.5 Å². The van der Waals surface area contributed by atoms with Crippen LogP contribution >= 0.6 is 0 Å². The zero-order valence-corrected chi connectivity index (χ0v) is 10.8. The number of rotatable bonds is 4. The minimum Gasteiger partial charge on any atom is -0.508 e. The lowest BCUT2D eigenvalue weighted by atomic mass is 9.87. The van der Waals surface area contributed by atoms with E-state index in [1.165, 1.54) is 0 Å². The molecule has 0 aliphatic heterocycles. The second-order valence-electron chi connectivity index (χ2n) is 4.04. The van der Waals surface area contributed by atoms with E-state index in [-0.39, 0.29) is 11.1 Å². The fourth-order valence-corrected chi connectivity index (χ4v) is 1.90. The molecule has 0 aromatic heterocycles. The zero-order valence-electron chi connectivity index (χ0n) is 10.8. The molecule has 19 heavy (non-hydrogen) atoms. The molecule has 0 aliphatic rings. The van der Waals surface area contributed by atoms with Crippen LogP contribution in [-0.2, 0) is 14.3 Å². The van der Waals surface area contributed by atoms with Crippen molar-refractivity contribution in [1.82, 2.24) is 0 Å². The number of aromatic hydroxyl groups is 2. The van der Waals surface area contributed by atoms with Gasteiger partial charge >= 0.3 is 5.97 Å². The Labute approximate surface area is 109 Å². The van der Waals surface area contributed by atoms with E-state index in [1.54, 1.807) is 0 Å². The van der Waals surface area contributed by atoms with E-state index in [0.29, 0.717) is 0 Å². The number of Topliss-reactive ketones (excluding diaryl/α,β-unsaturated/α-hetero) is 2. The Morgan fingerprint density at radius 1 is 1.05 bits per heavy atom. The third-order valence-corrected chi connectivity index (χ3v) is 2.69. The Kier molecular flexibility index (Phi) is 4.26. The summed E-state index contributed by atoms with van der Waals surface area (Å²) in [5.74, 6) is -4.23. The molecule has 1 aromatic carbocycles. The Balaban J connectivity index is 3.64. The predicted octanol–water partition coefficient (Wildman–Crippen LogP) is 1.15. The summed E-state index contributed by atoms with van der Waals surface area (Å²) < 4.78 is 4.49. The van der Waals surface area contributed by atoms with Crippen molar-refractivity contribution in [3.63, 3.8) is 0 Å². The number of phenolic OH excluding ortho intramolecular Hbond substituents is 2. The maximum absolute atomic E-state index is 11.6. The van der Waals surface area contributed by atoms with Crippen molar-refractivity contribution in [2.75, 3.05) is 7.11 Å².